The zero-order chi connectivity index (χ0) is 14.7. The minimum Gasteiger partial charge on any atom is -0.351 e. The second-order valence-electron chi connectivity index (χ2n) is 4.50. The molecule has 0 unspecified atom stereocenters. The van der Waals surface area contributed by atoms with Gasteiger partial charge in [0.2, 0.25) is 0 Å². The average Bonchev–Trinajstić information content (AvgIpc) is 3.19. The minimum absolute atomic E-state index is 0.0110. The van der Waals surface area contributed by atoms with E-state index in [4.69, 9.17) is 0 Å². The van der Waals surface area contributed by atoms with Crippen LogP contribution >= 0.6 is 34.0 Å². The summed E-state index contributed by atoms with van der Waals surface area (Å²) in [5.74, 6) is 0.0110. The molecule has 6 heteroatoms. The highest BCUT2D eigenvalue weighted by molar-refractivity contribution is 7.16. The largest absolute Gasteiger partial charge is 0.351 e. The molecule has 0 aliphatic heterocycles. The van der Waals surface area contributed by atoms with Crippen LogP contribution in [0.25, 0.3) is 10.6 Å². The lowest BCUT2D eigenvalue weighted by Crippen LogP contribution is -2.24. The molecule has 3 aromatic heterocycles. The number of thiophene rings is 2. The smallest absolute Gasteiger partial charge is 0.261 e. The Bertz CT molecular complexity index is 728. The van der Waals surface area contributed by atoms with Gasteiger partial charge in [0, 0.05) is 16.8 Å². The maximum atomic E-state index is 11.8. The van der Waals surface area contributed by atoms with Gasteiger partial charge in [0.25, 0.3) is 5.91 Å². The van der Waals surface area contributed by atoms with E-state index < -0.39 is 0 Å². The highest BCUT2D eigenvalue weighted by Gasteiger charge is 2.08. The Kier molecular flexibility index (Phi) is 4.48. The Morgan fingerprint density at radius 3 is 2.90 bits per heavy atom. The first-order valence-corrected chi connectivity index (χ1v) is 9.13. The second-order valence-corrected chi connectivity index (χ2v) is 7.68. The SMILES string of the molecule is Cc1nc(-c2ccc(CCNC(=O)c3cccs3)s2)cs1. The molecule has 0 aliphatic carbocycles. The second kappa shape index (κ2) is 6.51. The Balaban J connectivity index is 1.54. The van der Waals surface area contributed by atoms with Gasteiger partial charge in [0.05, 0.1) is 20.5 Å². The van der Waals surface area contributed by atoms with Crippen molar-refractivity contribution in [2.24, 2.45) is 0 Å². The zero-order valence-electron chi connectivity index (χ0n) is 11.5. The van der Waals surface area contributed by atoms with Gasteiger partial charge in [-0.3, -0.25) is 4.79 Å². The van der Waals surface area contributed by atoms with Crippen molar-refractivity contribution in [3.63, 3.8) is 0 Å². The molecule has 0 saturated heterocycles. The Morgan fingerprint density at radius 1 is 1.29 bits per heavy atom. The van der Waals surface area contributed by atoms with E-state index in [1.165, 1.54) is 21.1 Å². The first-order valence-electron chi connectivity index (χ1n) is 6.55. The molecular formula is C15H14N2OS3. The number of aromatic nitrogens is 1. The van der Waals surface area contributed by atoms with E-state index in [1.54, 1.807) is 22.7 Å². The van der Waals surface area contributed by atoms with Gasteiger partial charge in [-0.2, -0.15) is 0 Å². The summed E-state index contributed by atoms with van der Waals surface area (Å²) in [5.41, 5.74) is 1.05. The summed E-state index contributed by atoms with van der Waals surface area (Å²) in [6.07, 6.45) is 0.852. The summed E-state index contributed by atoms with van der Waals surface area (Å²) in [5, 5.41) is 8.04. The van der Waals surface area contributed by atoms with Crippen LogP contribution in [-0.4, -0.2) is 17.4 Å². The van der Waals surface area contributed by atoms with Gasteiger partial charge >= 0.3 is 0 Å². The lowest BCUT2D eigenvalue weighted by molar-refractivity contribution is 0.0958. The van der Waals surface area contributed by atoms with Gasteiger partial charge in [-0.15, -0.1) is 34.0 Å². The highest BCUT2D eigenvalue weighted by atomic mass is 32.1. The first kappa shape index (κ1) is 14.4. The fraction of sp³-hybridized carbons (Fsp3) is 0.200. The minimum atomic E-state index is 0.0110. The topological polar surface area (TPSA) is 42.0 Å². The molecule has 21 heavy (non-hydrogen) atoms. The number of thiazole rings is 1. The monoisotopic (exact) mass is 334 g/mol. The molecule has 3 heterocycles. The van der Waals surface area contributed by atoms with Crippen LogP contribution in [-0.2, 0) is 6.42 Å². The summed E-state index contributed by atoms with van der Waals surface area (Å²) >= 11 is 4.88. The fourth-order valence-corrected chi connectivity index (χ4v) is 4.22. The molecule has 3 aromatic rings. The van der Waals surface area contributed by atoms with E-state index in [9.17, 15) is 4.79 Å². The Morgan fingerprint density at radius 2 is 2.19 bits per heavy atom. The van der Waals surface area contributed by atoms with Crippen LogP contribution in [0.4, 0.5) is 0 Å². The first-order chi connectivity index (χ1) is 10.2. The van der Waals surface area contributed by atoms with E-state index in [-0.39, 0.29) is 5.91 Å². The number of carbonyl (C=O) groups is 1. The van der Waals surface area contributed by atoms with Crippen molar-refractivity contribution in [2.45, 2.75) is 13.3 Å². The van der Waals surface area contributed by atoms with E-state index in [1.807, 2.05) is 24.4 Å². The highest BCUT2D eigenvalue weighted by Crippen LogP contribution is 2.29. The molecule has 0 atom stereocenters. The molecule has 0 bridgehead atoms. The van der Waals surface area contributed by atoms with Crippen molar-refractivity contribution in [2.75, 3.05) is 6.54 Å². The van der Waals surface area contributed by atoms with Gasteiger partial charge in [-0.05, 0) is 36.9 Å². The van der Waals surface area contributed by atoms with Crippen molar-refractivity contribution in [1.82, 2.24) is 10.3 Å². The summed E-state index contributed by atoms with van der Waals surface area (Å²) in [4.78, 5) is 19.5. The molecule has 0 radical (unpaired) electrons. The van der Waals surface area contributed by atoms with Gasteiger partial charge in [0.1, 0.15) is 0 Å². The van der Waals surface area contributed by atoms with E-state index in [0.717, 1.165) is 22.0 Å². The normalized spacial score (nSPS) is 10.7. The quantitative estimate of drug-likeness (QED) is 0.759. The number of nitrogens with one attached hydrogen (secondary N) is 1. The van der Waals surface area contributed by atoms with Crippen molar-refractivity contribution in [3.05, 3.63) is 49.8 Å². The molecule has 0 aliphatic rings. The van der Waals surface area contributed by atoms with Crippen LogP contribution in [0.15, 0.2) is 35.0 Å². The summed E-state index contributed by atoms with van der Waals surface area (Å²) < 4.78 is 0. The number of rotatable bonds is 5. The van der Waals surface area contributed by atoms with Crippen LogP contribution < -0.4 is 5.32 Å². The van der Waals surface area contributed by atoms with Crippen LogP contribution in [0.5, 0.6) is 0 Å². The molecule has 3 rings (SSSR count). The van der Waals surface area contributed by atoms with Crippen LogP contribution in [0.2, 0.25) is 0 Å². The standard InChI is InChI=1S/C15H14N2OS3/c1-10-17-12(9-20-10)13-5-4-11(21-13)6-7-16-15(18)14-3-2-8-19-14/h2-5,8-9H,6-7H2,1H3,(H,16,18). The van der Waals surface area contributed by atoms with Crippen LogP contribution in [0.1, 0.15) is 19.6 Å². The molecule has 0 saturated carbocycles. The van der Waals surface area contributed by atoms with E-state index in [2.05, 4.69) is 27.8 Å². The number of hydrogen-bond acceptors (Lipinski definition) is 5. The summed E-state index contributed by atoms with van der Waals surface area (Å²) in [6, 6.07) is 7.95. The van der Waals surface area contributed by atoms with Crippen LogP contribution in [0.3, 0.4) is 0 Å². The number of amides is 1. The molecule has 1 N–H and O–H groups in total. The van der Waals surface area contributed by atoms with Crippen molar-refractivity contribution < 1.29 is 4.79 Å². The maximum absolute atomic E-state index is 11.8. The van der Waals surface area contributed by atoms with Gasteiger partial charge in [-0.1, -0.05) is 6.07 Å². The number of hydrogen-bond donors (Lipinski definition) is 1. The third kappa shape index (κ3) is 3.58. The van der Waals surface area contributed by atoms with E-state index in [0.29, 0.717) is 6.54 Å². The van der Waals surface area contributed by atoms with Crippen molar-refractivity contribution in [1.29, 1.82) is 0 Å². The van der Waals surface area contributed by atoms with Crippen LogP contribution in [0, 0.1) is 6.92 Å². The third-order valence-corrected chi connectivity index (χ3v) is 5.74. The predicted molar refractivity (Wildman–Crippen MR) is 90.5 cm³/mol. The number of carbonyl (C=O) groups excluding carboxylic acids is 1. The molecule has 0 aromatic carbocycles. The molecule has 108 valence electrons. The van der Waals surface area contributed by atoms with Gasteiger partial charge in [-0.25, -0.2) is 4.98 Å². The van der Waals surface area contributed by atoms with Crippen molar-refractivity contribution in [3.8, 4) is 10.6 Å². The Hall–Kier alpha value is -1.50. The van der Waals surface area contributed by atoms with Crippen molar-refractivity contribution >= 4 is 39.9 Å². The summed E-state index contributed by atoms with van der Waals surface area (Å²) in [6.45, 7) is 2.68. The van der Waals surface area contributed by atoms with Gasteiger partial charge in [0.15, 0.2) is 0 Å². The average molecular weight is 334 g/mol. The molecule has 3 nitrogen and oxygen atoms in total. The lowest BCUT2D eigenvalue weighted by atomic mass is 10.3. The summed E-state index contributed by atoms with van der Waals surface area (Å²) in [7, 11) is 0. The number of nitrogens with zero attached hydrogens (tertiary/aromatic N) is 1. The van der Waals surface area contributed by atoms with E-state index >= 15 is 0 Å². The molecule has 0 spiro atoms. The fourth-order valence-electron chi connectivity index (χ4n) is 1.92. The zero-order valence-corrected chi connectivity index (χ0v) is 13.9. The third-order valence-electron chi connectivity index (χ3n) is 2.94. The maximum Gasteiger partial charge on any atom is 0.261 e. The molecular weight excluding hydrogens is 320 g/mol. The molecule has 1 amide bonds. The van der Waals surface area contributed by atoms with Gasteiger partial charge < -0.3 is 5.32 Å². The lowest BCUT2D eigenvalue weighted by Gasteiger charge is -2.01. The predicted octanol–water partition coefficient (Wildman–Crippen LogP) is 4.21. The molecule has 0 fully saturated rings. The number of aryl methyl sites for hydroxylation is 1. The Labute approximate surface area is 135 Å².